The summed E-state index contributed by atoms with van der Waals surface area (Å²) in [4.78, 5) is 14.4. The van der Waals surface area contributed by atoms with Gasteiger partial charge < -0.3 is 10.2 Å². The summed E-state index contributed by atoms with van der Waals surface area (Å²) in [5.74, 6) is 0.205. The van der Waals surface area contributed by atoms with Crippen molar-refractivity contribution in [3.63, 3.8) is 0 Å². The fourth-order valence-electron chi connectivity index (χ4n) is 2.17. The van der Waals surface area contributed by atoms with E-state index in [1.165, 1.54) is 0 Å². The minimum Gasteiger partial charge on any atom is -0.382 e. The lowest BCUT2D eigenvalue weighted by Crippen LogP contribution is -2.42. The van der Waals surface area contributed by atoms with E-state index in [2.05, 4.69) is 12.2 Å². The third-order valence-corrected chi connectivity index (χ3v) is 3.19. The van der Waals surface area contributed by atoms with Crippen molar-refractivity contribution in [1.29, 1.82) is 0 Å². The smallest absolute Gasteiger partial charge is 0.234 e. The van der Waals surface area contributed by atoms with E-state index < -0.39 is 0 Å². The Morgan fingerprint density at radius 3 is 2.76 bits per heavy atom. The summed E-state index contributed by atoms with van der Waals surface area (Å²) < 4.78 is 0. The Labute approximate surface area is 103 Å². The van der Waals surface area contributed by atoms with Crippen LogP contribution in [0.2, 0.25) is 0 Å². The molecule has 17 heavy (non-hydrogen) atoms. The van der Waals surface area contributed by atoms with E-state index in [9.17, 15) is 4.79 Å². The van der Waals surface area contributed by atoms with Crippen molar-refractivity contribution >= 4 is 17.3 Å². The van der Waals surface area contributed by atoms with Crippen LogP contribution >= 0.6 is 0 Å². The van der Waals surface area contributed by atoms with Gasteiger partial charge in [0.15, 0.2) is 0 Å². The number of hydrogen-bond acceptors (Lipinski definition) is 2. The summed E-state index contributed by atoms with van der Waals surface area (Å²) in [7, 11) is 0. The standard InChI is InChI=1S/C14H20N2O/c1-4-9-16-12-8-6-5-7-11(12)15-10-14(2,3)13(16)17/h5-8,15H,4,9-10H2,1-3H3. The van der Waals surface area contributed by atoms with Crippen LogP contribution in [0, 0.1) is 5.41 Å². The van der Waals surface area contributed by atoms with E-state index in [4.69, 9.17) is 0 Å². The molecule has 0 fully saturated rings. The number of hydrogen-bond donors (Lipinski definition) is 1. The van der Waals surface area contributed by atoms with Gasteiger partial charge in [-0.1, -0.05) is 19.1 Å². The molecule has 0 atom stereocenters. The van der Waals surface area contributed by atoms with Crippen molar-refractivity contribution < 1.29 is 4.79 Å². The molecule has 3 nitrogen and oxygen atoms in total. The number of amides is 1. The highest BCUT2D eigenvalue weighted by molar-refractivity contribution is 6.01. The Morgan fingerprint density at radius 2 is 2.06 bits per heavy atom. The van der Waals surface area contributed by atoms with Gasteiger partial charge in [-0.25, -0.2) is 0 Å². The van der Waals surface area contributed by atoms with Gasteiger partial charge in [0.05, 0.1) is 16.8 Å². The molecule has 1 heterocycles. The van der Waals surface area contributed by atoms with Gasteiger partial charge in [0.25, 0.3) is 0 Å². The predicted molar refractivity (Wildman–Crippen MR) is 71.4 cm³/mol. The first-order chi connectivity index (χ1) is 8.06. The molecular weight excluding hydrogens is 212 g/mol. The molecule has 1 aliphatic heterocycles. The molecule has 0 spiro atoms. The maximum absolute atomic E-state index is 12.5. The van der Waals surface area contributed by atoms with Crippen LogP contribution in [-0.4, -0.2) is 19.0 Å². The summed E-state index contributed by atoms with van der Waals surface area (Å²) in [5, 5.41) is 3.37. The van der Waals surface area contributed by atoms with E-state index >= 15 is 0 Å². The number of para-hydroxylation sites is 2. The zero-order valence-corrected chi connectivity index (χ0v) is 10.8. The van der Waals surface area contributed by atoms with Crippen molar-refractivity contribution in [2.24, 2.45) is 5.41 Å². The second-order valence-electron chi connectivity index (χ2n) is 5.21. The molecule has 0 aliphatic carbocycles. The van der Waals surface area contributed by atoms with E-state index in [0.29, 0.717) is 6.54 Å². The minimum atomic E-state index is -0.353. The maximum Gasteiger partial charge on any atom is 0.234 e. The lowest BCUT2D eigenvalue weighted by atomic mass is 9.92. The third-order valence-electron chi connectivity index (χ3n) is 3.19. The second-order valence-corrected chi connectivity index (χ2v) is 5.21. The van der Waals surface area contributed by atoms with Gasteiger partial charge in [0.2, 0.25) is 5.91 Å². The monoisotopic (exact) mass is 232 g/mol. The average molecular weight is 232 g/mol. The van der Waals surface area contributed by atoms with E-state index in [1.54, 1.807) is 0 Å². The fraction of sp³-hybridized carbons (Fsp3) is 0.500. The number of carbonyl (C=O) groups excluding carboxylic acids is 1. The number of anilines is 2. The highest BCUT2D eigenvalue weighted by atomic mass is 16.2. The van der Waals surface area contributed by atoms with Gasteiger partial charge in [-0.3, -0.25) is 4.79 Å². The molecule has 1 N–H and O–H groups in total. The van der Waals surface area contributed by atoms with Crippen LogP contribution in [0.5, 0.6) is 0 Å². The van der Waals surface area contributed by atoms with Crippen LogP contribution in [0.4, 0.5) is 11.4 Å². The zero-order chi connectivity index (χ0) is 12.5. The molecule has 0 unspecified atom stereocenters. The molecule has 2 rings (SSSR count). The van der Waals surface area contributed by atoms with Gasteiger partial charge >= 0.3 is 0 Å². The first-order valence-corrected chi connectivity index (χ1v) is 6.21. The first-order valence-electron chi connectivity index (χ1n) is 6.21. The summed E-state index contributed by atoms with van der Waals surface area (Å²) >= 11 is 0. The van der Waals surface area contributed by atoms with Crippen LogP contribution in [0.3, 0.4) is 0 Å². The zero-order valence-electron chi connectivity index (χ0n) is 10.8. The molecule has 0 bridgehead atoms. The van der Waals surface area contributed by atoms with E-state index in [0.717, 1.165) is 24.3 Å². The van der Waals surface area contributed by atoms with E-state index in [1.807, 2.05) is 43.0 Å². The summed E-state index contributed by atoms with van der Waals surface area (Å²) in [6.45, 7) is 7.55. The van der Waals surface area contributed by atoms with Crippen molar-refractivity contribution in [3.8, 4) is 0 Å². The Hall–Kier alpha value is -1.51. The van der Waals surface area contributed by atoms with Crippen LogP contribution in [0.1, 0.15) is 27.2 Å². The van der Waals surface area contributed by atoms with Crippen LogP contribution in [-0.2, 0) is 4.79 Å². The van der Waals surface area contributed by atoms with Gasteiger partial charge in [0, 0.05) is 13.1 Å². The SMILES string of the molecule is CCCN1C(=O)C(C)(C)CNc2ccccc21. The van der Waals surface area contributed by atoms with Crippen molar-refractivity contribution in [3.05, 3.63) is 24.3 Å². The molecule has 0 aromatic heterocycles. The molecular formula is C14H20N2O. The summed E-state index contributed by atoms with van der Waals surface area (Å²) in [5.41, 5.74) is 1.71. The molecule has 1 aromatic carbocycles. The van der Waals surface area contributed by atoms with E-state index in [-0.39, 0.29) is 11.3 Å². The molecule has 0 saturated heterocycles. The summed E-state index contributed by atoms with van der Waals surface area (Å²) in [6, 6.07) is 8.03. The second kappa shape index (κ2) is 4.40. The molecule has 1 aromatic rings. The molecule has 0 radical (unpaired) electrons. The normalized spacial score (nSPS) is 18.3. The molecule has 1 aliphatic rings. The van der Waals surface area contributed by atoms with Gasteiger partial charge in [0.1, 0.15) is 0 Å². The Balaban J connectivity index is 2.46. The minimum absolute atomic E-state index is 0.205. The fourth-order valence-corrected chi connectivity index (χ4v) is 2.17. The highest BCUT2D eigenvalue weighted by Crippen LogP contribution is 2.34. The largest absolute Gasteiger partial charge is 0.382 e. The highest BCUT2D eigenvalue weighted by Gasteiger charge is 2.35. The number of fused-ring (bicyclic) bond motifs is 1. The Morgan fingerprint density at radius 1 is 1.35 bits per heavy atom. The van der Waals surface area contributed by atoms with Crippen LogP contribution < -0.4 is 10.2 Å². The number of nitrogens with one attached hydrogen (secondary N) is 1. The molecule has 0 saturated carbocycles. The molecule has 3 heteroatoms. The number of nitrogens with zero attached hydrogens (tertiary/aromatic N) is 1. The first kappa shape index (κ1) is 12.0. The number of rotatable bonds is 2. The van der Waals surface area contributed by atoms with Crippen molar-refractivity contribution in [1.82, 2.24) is 0 Å². The van der Waals surface area contributed by atoms with Crippen LogP contribution in [0.25, 0.3) is 0 Å². The lowest BCUT2D eigenvalue weighted by Gasteiger charge is -2.28. The maximum atomic E-state index is 12.5. The van der Waals surface area contributed by atoms with Crippen molar-refractivity contribution in [2.75, 3.05) is 23.3 Å². The quantitative estimate of drug-likeness (QED) is 0.850. The topological polar surface area (TPSA) is 32.3 Å². The van der Waals surface area contributed by atoms with Gasteiger partial charge in [-0.15, -0.1) is 0 Å². The van der Waals surface area contributed by atoms with Crippen LogP contribution in [0.15, 0.2) is 24.3 Å². The Bertz CT molecular complexity index is 426. The predicted octanol–water partition coefficient (Wildman–Crippen LogP) is 2.88. The lowest BCUT2D eigenvalue weighted by molar-refractivity contribution is -0.125. The summed E-state index contributed by atoms with van der Waals surface area (Å²) in [6.07, 6.45) is 0.968. The third kappa shape index (κ3) is 2.14. The van der Waals surface area contributed by atoms with Gasteiger partial charge in [-0.05, 0) is 32.4 Å². The van der Waals surface area contributed by atoms with Gasteiger partial charge in [-0.2, -0.15) is 0 Å². The number of carbonyl (C=O) groups is 1. The average Bonchev–Trinajstić information content (AvgIpc) is 2.41. The number of benzene rings is 1. The molecule has 1 amide bonds. The molecule has 92 valence electrons. The van der Waals surface area contributed by atoms with Crippen molar-refractivity contribution in [2.45, 2.75) is 27.2 Å². The Kier molecular flexibility index (Phi) is 3.09.